The van der Waals surface area contributed by atoms with E-state index in [4.69, 9.17) is 9.47 Å². The molecule has 2 rings (SSSR count). The van der Waals surface area contributed by atoms with E-state index in [1.807, 2.05) is 0 Å². The van der Waals surface area contributed by atoms with Gasteiger partial charge < -0.3 is 9.47 Å². The maximum atomic E-state index is 10.5. The summed E-state index contributed by atoms with van der Waals surface area (Å²) in [5, 5.41) is 10.5. The van der Waals surface area contributed by atoms with Crippen molar-refractivity contribution in [2.75, 3.05) is 13.4 Å². The van der Waals surface area contributed by atoms with Gasteiger partial charge in [0.1, 0.15) is 6.79 Å². The molecule has 1 aliphatic rings. The van der Waals surface area contributed by atoms with Crippen LogP contribution in [0.1, 0.15) is 5.56 Å². The highest BCUT2D eigenvalue weighted by molar-refractivity contribution is 5.33. The van der Waals surface area contributed by atoms with Gasteiger partial charge in [-0.15, -0.1) is 0 Å². The van der Waals surface area contributed by atoms with Gasteiger partial charge in [0.25, 0.3) is 5.69 Å². The third kappa shape index (κ3) is 2.51. The van der Waals surface area contributed by atoms with Gasteiger partial charge in [0.15, 0.2) is 0 Å². The van der Waals surface area contributed by atoms with Crippen molar-refractivity contribution in [1.82, 2.24) is 0 Å². The summed E-state index contributed by atoms with van der Waals surface area (Å²) in [7, 11) is 0. The van der Waals surface area contributed by atoms with E-state index >= 15 is 0 Å². The van der Waals surface area contributed by atoms with Crippen molar-refractivity contribution in [3.63, 3.8) is 0 Å². The molecule has 0 N–H and O–H groups in total. The van der Waals surface area contributed by atoms with Gasteiger partial charge in [-0.05, 0) is 17.7 Å². The number of rotatable bonds is 3. The zero-order chi connectivity index (χ0) is 10.7. The van der Waals surface area contributed by atoms with Crippen LogP contribution in [0.25, 0.3) is 0 Å². The summed E-state index contributed by atoms with van der Waals surface area (Å²) in [6, 6.07) is 7.45. The van der Waals surface area contributed by atoms with Gasteiger partial charge in [-0.2, -0.15) is 0 Å². The van der Waals surface area contributed by atoms with E-state index in [0.717, 1.165) is 5.56 Å². The number of non-ortho nitro benzene ring substituents is 1. The highest BCUT2D eigenvalue weighted by Crippen LogP contribution is 2.16. The molecule has 0 spiro atoms. The molecule has 1 saturated heterocycles. The summed E-state index contributed by atoms with van der Waals surface area (Å²) in [4.78, 5) is 10.1. The monoisotopic (exact) mass is 208 g/mol. The number of benzene rings is 1. The lowest BCUT2D eigenvalue weighted by Crippen LogP contribution is -2.12. The zero-order valence-corrected chi connectivity index (χ0v) is 8.01. The molecule has 1 aliphatic heterocycles. The first-order valence-corrected chi connectivity index (χ1v) is 4.60. The molecule has 0 aromatic heterocycles. The zero-order valence-electron chi connectivity index (χ0n) is 8.01. The maximum Gasteiger partial charge on any atom is 0.269 e. The predicted octanol–water partition coefficient (Wildman–Crippen LogP) is 1.31. The second-order valence-electron chi connectivity index (χ2n) is 3.31. The first-order valence-electron chi connectivity index (χ1n) is 4.60. The Morgan fingerprint density at radius 3 is 3.20 bits per heavy atom. The first-order chi connectivity index (χ1) is 7.25. The summed E-state index contributed by atoms with van der Waals surface area (Å²) in [6.45, 7) is 0.843. The van der Waals surface area contributed by atoms with Crippen LogP contribution >= 0.6 is 0 Å². The summed E-state index contributed by atoms with van der Waals surface area (Å²) in [5.41, 5.74) is 0.863. The predicted molar refractivity (Wildman–Crippen MR) is 51.3 cm³/mol. The molecule has 79 valence electrons. The number of nitro benzene ring substituents is 1. The van der Waals surface area contributed by atoms with Crippen molar-refractivity contribution < 1.29 is 14.4 Å². The van der Waals surface area contributed by atoms with E-state index in [9.17, 15) is 10.1 Å². The van der Waals surface area contributed by atoms with Gasteiger partial charge in [0.2, 0.25) is 0 Å². The maximum absolute atomic E-state index is 10.5. The van der Waals surface area contributed by atoms with Crippen molar-refractivity contribution in [2.45, 2.75) is 12.5 Å². The summed E-state index contributed by atoms with van der Waals surface area (Å²) < 4.78 is 10.3. The van der Waals surface area contributed by atoms with Crippen LogP contribution in [0.3, 0.4) is 0 Å². The third-order valence-electron chi connectivity index (χ3n) is 2.19. The van der Waals surface area contributed by atoms with Gasteiger partial charge in [-0.3, -0.25) is 10.1 Å². The van der Waals surface area contributed by atoms with Gasteiger partial charge in [-0.25, -0.2) is 0 Å². The molecule has 1 radical (unpaired) electrons. The Bertz CT molecular complexity index is 360. The second kappa shape index (κ2) is 4.37. The molecule has 1 atom stereocenters. The van der Waals surface area contributed by atoms with Crippen LogP contribution in [0.5, 0.6) is 0 Å². The number of hydrogen-bond acceptors (Lipinski definition) is 4. The lowest BCUT2D eigenvalue weighted by molar-refractivity contribution is -0.384. The number of nitro groups is 1. The fourth-order valence-electron chi connectivity index (χ4n) is 1.47. The number of hydrogen-bond donors (Lipinski definition) is 0. The summed E-state index contributed by atoms with van der Waals surface area (Å²) in [6.07, 6.45) is 0.588. The second-order valence-corrected chi connectivity index (χ2v) is 3.31. The molecular weight excluding hydrogens is 198 g/mol. The minimum atomic E-state index is -0.413. The van der Waals surface area contributed by atoms with Crippen LogP contribution in [0.2, 0.25) is 0 Å². The van der Waals surface area contributed by atoms with Crippen LogP contribution in [0.15, 0.2) is 18.2 Å². The topological polar surface area (TPSA) is 61.6 Å². The van der Waals surface area contributed by atoms with Gasteiger partial charge in [0, 0.05) is 18.6 Å². The van der Waals surface area contributed by atoms with Gasteiger partial charge >= 0.3 is 0 Å². The fraction of sp³-hybridized carbons (Fsp3) is 0.400. The Labute approximate surface area is 86.8 Å². The molecule has 0 amide bonds. The molecular formula is C10H10NO4. The minimum absolute atomic E-state index is 0.0109. The van der Waals surface area contributed by atoms with E-state index in [0.29, 0.717) is 19.8 Å². The average Bonchev–Trinajstić information content (AvgIpc) is 2.71. The van der Waals surface area contributed by atoms with Crippen molar-refractivity contribution in [3.8, 4) is 0 Å². The summed E-state index contributed by atoms with van der Waals surface area (Å²) in [5.74, 6) is 0. The molecule has 5 nitrogen and oxygen atoms in total. The van der Waals surface area contributed by atoms with E-state index < -0.39 is 4.92 Å². The van der Waals surface area contributed by atoms with E-state index in [2.05, 4.69) is 6.07 Å². The molecule has 1 fully saturated rings. The highest BCUT2D eigenvalue weighted by Gasteiger charge is 2.17. The molecule has 0 bridgehead atoms. The van der Waals surface area contributed by atoms with Crippen molar-refractivity contribution in [3.05, 3.63) is 39.9 Å². The highest BCUT2D eigenvalue weighted by atomic mass is 16.7. The van der Waals surface area contributed by atoms with Crippen LogP contribution in [-0.2, 0) is 15.9 Å². The quantitative estimate of drug-likeness (QED) is 0.555. The molecule has 1 aromatic rings. The molecule has 1 unspecified atom stereocenters. The summed E-state index contributed by atoms with van der Waals surface area (Å²) >= 11 is 0. The van der Waals surface area contributed by atoms with Gasteiger partial charge in [0.05, 0.1) is 17.6 Å². The Morgan fingerprint density at radius 2 is 2.53 bits per heavy atom. The number of nitrogens with zero attached hydrogens (tertiary/aromatic N) is 1. The van der Waals surface area contributed by atoms with Crippen LogP contribution in [-0.4, -0.2) is 24.4 Å². The van der Waals surface area contributed by atoms with Crippen molar-refractivity contribution in [2.24, 2.45) is 0 Å². The normalized spacial score (nSPS) is 20.4. The standard InChI is InChI=1S/C10H10NO4/c12-11(13)9-3-1-2-8(4-9)5-10-6-14-7-15-10/h1,3-4,10H,5-7H2. The Hall–Kier alpha value is -1.46. The lowest BCUT2D eigenvalue weighted by Gasteiger charge is -2.06. The molecule has 5 heteroatoms. The molecule has 0 aliphatic carbocycles. The SMILES string of the molecule is O=[N+]([O-])c1cc[c]c(CC2COCO2)c1. The van der Waals surface area contributed by atoms with E-state index in [-0.39, 0.29) is 11.8 Å². The Kier molecular flexibility index (Phi) is 2.94. The van der Waals surface area contributed by atoms with Crippen LogP contribution in [0, 0.1) is 16.2 Å². The fourth-order valence-corrected chi connectivity index (χ4v) is 1.47. The number of ether oxygens (including phenoxy) is 2. The first kappa shape index (κ1) is 10.1. The smallest absolute Gasteiger partial charge is 0.269 e. The van der Waals surface area contributed by atoms with Gasteiger partial charge in [-0.1, -0.05) is 0 Å². The average molecular weight is 208 g/mol. The van der Waals surface area contributed by atoms with E-state index in [1.165, 1.54) is 12.1 Å². The largest absolute Gasteiger partial charge is 0.353 e. The van der Waals surface area contributed by atoms with Crippen LogP contribution in [0.4, 0.5) is 5.69 Å². The van der Waals surface area contributed by atoms with Crippen LogP contribution < -0.4 is 0 Å². The molecule has 0 saturated carbocycles. The third-order valence-corrected chi connectivity index (χ3v) is 2.19. The lowest BCUT2D eigenvalue weighted by atomic mass is 10.1. The Balaban J connectivity index is 2.07. The van der Waals surface area contributed by atoms with Crippen molar-refractivity contribution in [1.29, 1.82) is 0 Å². The Morgan fingerprint density at radius 1 is 1.67 bits per heavy atom. The molecule has 1 heterocycles. The van der Waals surface area contributed by atoms with Crippen molar-refractivity contribution >= 4 is 5.69 Å². The minimum Gasteiger partial charge on any atom is -0.353 e. The molecule has 1 aromatic carbocycles. The molecule has 15 heavy (non-hydrogen) atoms. The van der Waals surface area contributed by atoms with E-state index in [1.54, 1.807) is 6.07 Å².